The predicted molar refractivity (Wildman–Crippen MR) is 73.6 cm³/mol. The summed E-state index contributed by atoms with van der Waals surface area (Å²) in [6.07, 6.45) is -1.27. The predicted octanol–water partition coefficient (Wildman–Crippen LogP) is -1.40. The minimum atomic E-state index is -4.49. The maximum Gasteiger partial charge on any atom is 0.351 e. The van der Waals surface area contributed by atoms with Crippen molar-refractivity contribution >= 4 is 36.5 Å². The van der Waals surface area contributed by atoms with Gasteiger partial charge in [0.15, 0.2) is 17.6 Å². The van der Waals surface area contributed by atoms with E-state index in [1.165, 1.54) is 10.9 Å². The van der Waals surface area contributed by atoms with Crippen molar-refractivity contribution in [1.29, 1.82) is 0 Å². The molecule has 0 aliphatic carbocycles. The van der Waals surface area contributed by atoms with E-state index in [9.17, 15) is 9.36 Å². The van der Waals surface area contributed by atoms with Crippen LogP contribution in [-0.4, -0.2) is 52.8 Å². The number of ether oxygens (including phenoxy) is 1. The first-order valence-corrected chi connectivity index (χ1v) is 7.60. The van der Waals surface area contributed by atoms with Crippen LogP contribution in [-0.2, 0) is 20.6 Å². The molecule has 120 valence electrons. The van der Waals surface area contributed by atoms with E-state index in [1.807, 2.05) is 0 Å². The van der Waals surface area contributed by atoms with Gasteiger partial charge in [0.1, 0.15) is 11.9 Å². The lowest BCUT2D eigenvalue weighted by atomic mass is 10.3. The molecule has 0 fully saturated rings. The minimum Gasteiger partial charge on any atom is -0.479 e. The summed E-state index contributed by atoms with van der Waals surface area (Å²) in [6.45, 7) is -0.290. The summed E-state index contributed by atoms with van der Waals surface area (Å²) in [5.74, 6) is -1.48. The molecule has 0 bridgehead atoms. The van der Waals surface area contributed by atoms with Gasteiger partial charge in [0, 0.05) is 0 Å². The molecule has 2 rings (SSSR count). The first-order chi connectivity index (χ1) is 10.2. The van der Waals surface area contributed by atoms with Crippen molar-refractivity contribution in [3.05, 3.63) is 6.33 Å². The number of imidazole rings is 1. The quantitative estimate of drug-likeness (QED) is 0.389. The highest BCUT2D eigenvalue weighted by molar-refractivity contribution is 7.51. The van der Waals surface area contributed by atoms with Gasteiger partial charge in [-0.3, -0.25) is 4.57 Å². The second kappa shape index (κ2) is 5.85. The van der Waals surface area contributed by atoms with Gasteiger partial charge >= 0.3 is 13.6 Å². The van der Waals surface area contributed by atoms with Gasteiger partial charge in [0.05, 0.1) is 12.9 Å². The number of anilines is 2. The number of nitrogen functional groups attached to an aromatic ring is 2. The molecule has 13 heteroatoms. The Morgan fingerprint density at radius 1 is 1.41 bits per heavy atom. The Hall–Kier alpha value is -2.27. The molecule has 2 heterocycles. The Balaban J connectivity index is 2.27. The Morgan fingerprint density at radius 2 is 2.09 bits per heavy atom. The number of nitrogens with zero attached hydrogens (tertiary/aromatic N) is 4. The molecule has 0 aliphatic heterocycles. The fraction of sp³-hybridized carbons (Fsp3) is 0.333. The normalized spacial score (nSPS) is 13.4. The number of carboxylic acid groups (broad SMARTS) is 1. The molecule has 0 saturated heterocycles. The van der Waals surface area contributed by atoms with Crippen molar-refractivity contribution in [2.45, 2.75) is 12.6 Å². The molecule has 2 aromatic rings. The number of nitrogens with two attached hydrogens (primary N) is 2. The standard InChI is InChI=1S/C9H13N6O6P/c10-6-5-7(14-9(11)13-6)15(2-12-5)1-4(8(16)17)21-3-22(18,19)20/h2,4H,1,3H2,(H,16,17)(H2,18,19,20)(H4,10,11,13,14)/t4-/m0/s1. The van der Waals surface area contributed by atoms with Crippen LogP contribution in [0.4, 0.5) is 11.8 Å². The molecule has 0 aromatic carbocycles. The number of hydrogen-bond acceptors (Lipinski definition) is 8. The Bertz CT molecular complexity index is 756. The lowest BCUT2D eigenvalue weighted by Crippen LogP contribution is -2.29. The van der Waals surface area contributed by atoms with Gasteiger partial charge in [0.2, 0.25) is 5.95 Å². The summed E-state index contributed by atoms with van der Waals surface area (Å²) in [5.41, 5.74) is 11.5. The third-order valence-electron chi connectivity index (χ3n) is 2.59. The molecule has 7 N–H and O–H groups in total. The summed E-state index contributed by atoms with van der Waals surface area (Å²) in [4.78, 5) is 40.2. The third kappa shape index (κ3) is 3.68. The van der Waals surface area contributed by atoms with Crippen molar-refractivity contribution in [3.8, 4) is 0 Å². The maximum atomic E-state index is 11.1. The van der Waals surface area contributed by atoms with Crippen LogP contribution in [0.1, 0.15) is 0 Å². The van der Waals surface area contributed by atoms with Crippen LogP contribution >= 0.6 is 7.60 Å². The second-order valence-corrected chi connectivity index (χ2v) is 5.91. The zero-order chi connectivity index (χ0) is 16.5. The fourth-order valence-corrected chi connectivity index (χ4v) is 2.06. The number of carboxylic acids is 1. The summed E-state index contributed by atoms with van der Waals surface area (Å²) in [5, 5.41) is 9.06. The average molecular weight is 332 g/mol. The summed E-state index contributed by atoms with van der Waals surface area (Å²) < 4.78 is 16.8. The van der Waals surface area contributed by atoms with Crippen LogP contribution in [0.2, 0.25) is 0 Å². The second-order valence-electron chi connectivity index (χ2n) is 4.32. The SMILES string of the molecule is Nc1nc(N)c2ncn(C[C@H](OCP(=O)(O)O)C(=O)O)c2n1. The van der Waals surface area contributed by atoms with Crippen molar-refractivity contribution in [1.82, 2.24) is 19.5 Å². The highest BCUT2D eigenvalue weighted by Gasteiger charge is 2.25. The van der Waals surface area contributed by atoms with E-state index in [-0.39, 0.29) is 29.5 Å². The molecule has 1 atom stereocenters. The number of aliphatic carboxylic acids is 1. The number of hydrogen-bond donors (Lipinski definition) is 5. The zero-order valence-electron chi connectivity index (χ0n) is 11.0. The molecule has 0 saturated carbocycles. The van der Waals surface area contributed by atoms with Crippen molar-refractivity contribution < 1.29 is 29.0 Å². The lowest BCUT2D eigenvalue weighted by molar-refractivity contribution is -0.150. The van der Waals surface area contributed by atoms with Crippen LogP contribution in [0.15, 0.2) is 6.33 Å². The van der Waals surface area contributed by atoms with Gasteiger partial charge in [0.25, 0.3) is 0 Å². The van der Waals surface area contributed by atoms with Crippen LogP contribution < -0.4 is 11.5 Å². The number of carbonyl (C=O) groups is 1. The topological polar surface area (TPSA) is 200 Å². The van der Waals surface area contributed by atoms with E-state index in [2.05, 4.69) is 15.0 Å². The molecule has 22 heavy (non-hydrogen) atoms. The maximum absolute atomic E-state index is 11.1. The largest absolute Gasteiger partial charge is 0.479 e. The Morgan fingerprint density at radius 3 is 2.68 bits per heavy atom. The van der Waals surface area contributed by atoms with E-state index < -0.39 is 26.0 Å². The molecular weight excluding hydrogens is 319 g/mol. The lowest BCUT2D eigenvalue weighted by Gasteiger charge is -2.15. The van der Waals surface area contributed by atoms with Gasteiger partial charge < -0.3 is 35.7 Å². The first kappa shape index (κ1) is 16.1. The molecular formula is C9H13N6O6P. The molecule has 12 nitrogen and oxygen atoms in total. The van der Waals surface area contributed by atoms with Crippen LogP contribution in [0.5, 0.6) is 0 Å². The Kier molecular flexibility index (Phi) is 4.28. The first-order valence-electron chi connectivity index (χ1n) is 5.80. The van der Waals surface area contributed by atoms with Crippen LogP contribution in [0, 0.1) is 0 Å². The van der Waals surface area contributed by atoms with Gasteiger partial charge in [-0.25, -0.2) is 9.78 Å². The van der Waals surface area contributed by atoms with E-state index in [1.54, 1.807) is 0 Å². The molecule has 0 aliphatic rings. The molecule has 0 spiro atoms. The zero-order valence-corrected chi connectivity index (χ0v) is 11.9. The van der Waals surface area contributed by atoms with Crippen LogP contribution in [0.3, 0.4) is 0 Å². The van der Waals surface area contributed by atoms with Gasteiger partial charge in [-0.1, -0.05) is 0 Å². The summed E-state index contributed by atoms with van der Waals surface area (Å²) in [6, 6.07) is 0. The average Bonchev–Trinajstić information content (AvgIpc) is 2.76. The molecule has 0 amide bonds. The van der Waals surface area contributed by atoms with Gasteiger partial charge in [-0.05, 0) is 0 Å². The van der Waals surface area contributed by atoms with E-state index >= 15 is 0 Å². The minimum absolute atomic E-state index is 0.0317. The number of rotatable bonds is 6. The molecule has 0 radical (unpaired) electrons. The van der Waals surface area contributed by atoms with Crippen molar-refractivity contribution in [2.75, 3.05) is 17.8 Å². The van der Waals surface area contributed by atoms with Crippen molar-refractivity contribution in [2.24, 2.45) is 0 Å². The monoisotopic (exact) mass is 332 g/mol. The molecule has 2 aromatic heterocycles. The fourth-order valence-electron chi connectivity index (χ4n) is 1.69. The summed E-state index contributed by atoms with van der Waals surface area (Å²) in [7, 11) is -4.49. The number of aromatic nitrogens is 4. The van der Waals surface area contributed by atoms with Crippen molar-refractivity contribution in [3.63, 3.8) is 0 Å². The number of fused-ring (bicyclic) bond motifs is 1. The smallest absolute Gasteiger partial charge is 0.351 e. The third-order valence-corrected chi connectivity index (χ3v) is 3.08. The highest BCUT2D eigenvalue weighted by atomic mass is 31.2. The van der Waals surface area contributed by atoms with E-state index in [0.29, 0.717) is 0 Å². The van der Waals surface area contributed by atoms with E-state index in [4.69, 9.17) is 31.1 Å². The molecule has 0 unspecified atom stereocenters. The van der Waals surface area contributed by atoms with Gasteiger partial charge in [-0.2, -0.15) is 9.97 Å². The van der Waals surface area contributed by atoms with Crippen LogP contribution in [0.25, 0.3) is 11.2 Å². The van der Waals surface area contributed by atoms with E-state index in [0.717, 1.165) is 0 Å². The summed E-state index contributed by atoms with van der Waals surface area (Å²) >= 11 is 0. The van der Waals surface area contributed by atoms with Gasteiger partial charge in [-0.15, -0.1) is 0 Å². The highest BCUT2D eigenvalue weighted by Crippen LogP contribution is 2.34. The Labute approximate surface area is 122 Å².